The van der Waals surface area contributed by atoms with E-state index in [1.165, 1.54) is 18.2 Å². The zero-order valence-corrected chi connectivity index (χ0v) is 17.5. The third-order valence-electron chi connectivity index (χ3n) is 5.70. The van der Waals surface area contributed by atoms with E-state index in [-0.39, 0.29) is 17.7 Å². The van der Waals surface area contributed by atoms with Crippen molar-refractivity contribution in [2.75, 3.05) is 0 Å². The number of ether oxygens (including phenoxy) is 1. The van der Waals surface area contributed by atoms with Crippen LogP contribution in [0.1, 0.15) is 25.0 Å². The number of hydrogen-bond acceptors (Lipinski definition) is 2. The van der Waals surface area contributed by atoms with Crippen molar-refractivity contribution >= 4 is 17.6 Å². The van der Waals surface area contributed by atoms with Crippen LogP contribution in [0.3, 0.4) is 0 Å². The quantitative estimate of drug-likeness (QED) is 0.345. The molecule has 8 heteroatoms. The summed E-state index contributed by atoms with van der Waals surface area (Å²) in [6.45, 7) is 2.11. The van der Waals surface area contributed by atoms with E-state index in [1.54, 1.807) is 38.1 Å². The average Bonchev–Trinajstić information content (AvgIpc) is 3.25. The fourth-order valence-electron chi connectivity index (χ4n) is 3.79. The van der Waals surface area contributed by atoms with Gasteiger partial charge in [0.25, 0.3) is 0 Å². The SMILES string of the molecule is CC1(C)[C@H](C(=O)OCc2cccc(-c3ccccc3F)c2CF)[C@@H]1/C=C(\Cl)C(F)(F)F. The lowest BCUT2D eigenvalue weighted by Gasteiger charge is -2.14. The number of esters is 1. The maximum Gasteiger partial charge on any atom is 0.426 e. The van der Waals surface area contributed by atoms with Crippen molar-refractivity contribution in [3.63, 3.8) is 0 Å². The second kappa shape index (κ2) is 8.61. The van der Waals surface area contributed by atoms with E-state index in [2.05, 4.69) is 0 Å². The van der Waals surface area contributed by atoms with Gasteiger partial charge in [0, 0.05) is 5.56 Å². The fraction of sp³-hybridized carbons (Fsp3) is 0.348. The molecule has 0 saturated heterocycles. The summed E-state index contributed by atoms with van der Waals surface area (Å²) in [6, 6.07) is 10.7. The molecule has 0 aliphatic heterocycles. The molecule has 0 radical (unpaired) electrons. The average molecular weight is 459 g/mol. The van der Waals surface area contributed by atoms with Crippen molar-refractivity contribution in [2.45, 2.75) is 33.3 Å². The van der Waals surface area contributed by atoms with Gasteiger partial charge in [-0.3, -0.25) is 4.79 Å². The Labute approximate surface area is 181 Å². The van der Waals surface area contributed by atoms with E-state index >= 15 is 0 Å². The van der Waals surface area contributed by atoms with E-state index in [4.69, 9.17) is 16.3 Å². The summed E-state index contributed by atoms with van der Waals surface area (Å²) in [5.41, 5.74) is 0.361. The molecular formula is C23H20ClF5O2. The van der Waals surface area contributed by atoms with Gasteiger partial charge in [-0.2, -0.15) is 13.2 Å². The molecule has 31 heavy (non-hydrogen) atoms. The molecule has 2 aromatic carbocycles. The van der Waals surface area contributed by atoms with Crippen LogP contribution in [0.25, 0.3) is 11.1 Å². The minimum atomic E-state index is -4.68. The Morgan fingerprint density at radius 2 is 1.77 bits per heavy atom. The molecule has 2 nitrogen and oxygen atoms in total. The molecule has 1 fully saturated rings. The first kappa shape index (κ1) is 23.3. The van der Waals surface area contributed by atoms with E-state index in [9.17, 15) is 26.7 Å². The van der Waals surface area contributed by atoms with Crippen molar-refractivity contribution in [3.8, 4) is 11.1 Å². The van der Waals surface area contributed by atoms with Crippen LogP contribution in [0.15, 0.2) is 53.6 Å². The number of hydrogen-bond donors (Lipinski definition) is 0. The van der Waals surface area contributed by atoms with Crippen molar-refractivity contribution in [3.05, 3.63) is 70.5 Å². The standard InChI is InChI=1S/C23H20ClF5O2/c1-22(2)17(10-19(24)23(27,28)29)20(22)21(30)31-12-13-6-5-8-14(16(13)11-25)15-7-3-4-9-18(15)26/h3-10,17,20H,11-12H2,1-2H3/b19-10-/t17-,20-/m0/s1. The summed E-state index contributed by atoms with van der Waals surface area (Å²) < 4.78 is 71.4. The smallest absolute Gasteiger partial charge is 0.426 e. The van der Waals surface area contributed by atoms with Crippen LogP contribution in [0.4, 0.5) is 22.0 Å². The lowest BCUT2D eigenvalue weighted by molar-refractivity contribution is -0.147. The number of carbonyl (C=O) groups is 1. The Morgan fingerprint density at radius 1 is 1.13 bits per heavy atom. The van der Waals surface area contributed by atoms with Gasteiger partial charge in [0.15, 0.2) is 0 Å². The van der Waals surface area contributed by atoms with Crippen LogP contribution < -0.4 is 0 Å². The van der Waals surface area contributed by atoms with Crippen LogP contribution in [0.2, 0.25) is 0 Å². The molecule has 166 valence electrons. The number of allylic oxidation sites excluding steroid dienone is 2. The van der Waals surface area contributed by atoms with Crippen molar-refractivity contribution < 1.29 is 31.5 Å². The van der Waals surface area contributed by atoms with Gasteiger partial charge in [-0.05, 0) is 34.1 Å². The van der Waals surface area contributed by atoms with Gasteiger partial charge in [0.1, 0.15) is 24.1 Å². The molecular weight excluding hydrogens is 439 g/mol. The van der Waals surface area contributed by atoms with Gasteiger partial charge in [-0.15, -0.1) is 0 Å². The Hall–Kier alpha value is -2.41. The lowest BCUT2D eigenvalue weighted by atomic mass is 9.96. The van der Waals surface area contributed by atoms with Gasteiger partial charge in [0.05, 0.1) is 5.92 Å². The topological polar surface area (TPSA) is 26.3 Å². The van der Waals surface area contributed by atoms with Gasteiger partial charge in [0.2, 0.25) is 0 Å². The number of alkyl halides is 4. The first-order chi connectivity index (χ1) is 14.5. The van der Waals surface area contributed by atoms with Gasteiger partial charge in [-0.25, -0.2) is 8.78 Å². The summed E-state index contributed by atoms with van der Waals surface area (Å²) >= 11 is 5.30. The van der Waals surface area contributed by atoms with Crippen LogP contribution in [0.5, 0.6) is 0 Å². The maximum absolute atomic E-state index is 14.2. The van der Waals surface area contributed by atoms with Gasteiger partial charge >= 0.3 is 12.1 Å². The zero-order valence-electron chi connectivity index (χ0n) is 16.8. The Balaban J connectivity index is 1.77. The minimum Gasteiger partial charge on any atom is -0.461 e. The molecule has 0 heterocycles. The van der Waals surface area contributed by atoms with Crippen molar-refractivity contribution in [1.82, 2.24) is 0 Å². The normalized spacial score (nSPS) is 20.5. The highest BCUT2D eigenvalue weighted by Crippen LogP contribution is 2.60. The molecule has 1 saturated carbocycles. The summed E-state index contributed by atoms with van der Waals surface area (Å²) in [4.78, 5) is 12.5. The summed E-state index contributed by atoms with van der Waals surface area (Å²) in [7, 11) is 0. The van der Waals surface area contributed by atoms with Crippen LogP contribution in [-0.4, -0.2) is 12.1 Å². The fourth-order valence-corrected chi connectivity index (χ4v) is 3.93. The van der Waals surface area contributed by atoms with Crippen LogP contribution in [0, 0.1) is 23.1 Å². The van der Waals surface area contributed by atoms with Crippen molar-refractivity contribution in [1.29, 1.82) is 0 Å². The van der Waals surface area contributed by atoms with Gasteiger partial charge in [-0.1, -0.05) is 67.9 Å². The minimum absolute atomic E-state index is 0.187. The molecule has 0 bridgehead atoms. The summed E-state index contributed by atoms with van der Waals surface area (Å²) in [5.74, 6) is -2.73. The maximum atomic E-state index is 14.2. The van der Waals surface area contributed by atoms with Crippen molar-refractivity contribution in [2.24, 2.45) is 17.3 Å². The number of rotatable bonds is 6. The predicted molar refractivity (Wildman–Crippen MR) is 107 cm³/mol. The Morgan fingerprint density at radius 3 is 2.39 bits per heavy atom. The molecule has 0 amide bonds. The number of halogens is 6. The molecule has 0 unspecified atom stereocenters. The molecule has 3 rings (SSSR count). The van der Waals surface area contributed by atoms with E-state index < -0.39 is 46.9 Å². The predicted octanol–water partition coefficient (Wildman–Crippen LogP) is 6.96. The monoisotopic (exact) mass is 458 g/mol. The second-order valence-corrected chi connectivity index (χ2v) is 8.41. The summed E-state index contributed by atoms with van der Waals surface area (Å²) in [6.07, 6.45) is -3.85. The molecule has 0 aromatic heterocycles. The van der Waals surface area contributed by atoms with E-state index in [1.807, 2.05) is 0 Å². The second-order valence-electron chi connectivity index (χ2n) is 8.00. The Bertz CT molecular complexity index is 1010. The first-order valence-corrected chi connectivity index (χ1v) is 9.89. The Kier molecular flexibility index (Phi) is 6.46. The highest BCUT2D eigenvalue weighted by Gasteiger charge is 2.62. The zero-order chi connectivity index (χ0) is 23.0. The van der Waals surface area contributed by atoms with Gasteiger partial charge < -0.3 is 4.74 Å². The highest BCUT2D eigenvalue weighted by atomic mass is 35.5. The first-order valence-electron chi connectivity index (χ1n) is 9.51. The molecule has 2 aromatic rings. The molecule has 1 aliphatic carbocycles. The number of carbonyl (C=O) groups excluding carboxylic acids is 1. The largest absolute Gasteiger partial charge is 0.461 e. The van der Waals surface area contributed by atoms with Crippen LogP contribution >= 0.6 is 11.6 Å². The third-order valence-corrected chi connectivity index (χ3v) is 6.04. The van der Waals surface area contributed by atoms with Crippen LogP contribution in [-0.2, 0) is 22.8 Å². The summed E-state index contributed by atoms with van der Waals surface area (Å²) in [5, 5.41) is -1.28. The van der Waals surface area contributed by atoms with E-state index in [0.29, 0.717) is 11.1 Å². The lowest BCUT2D eigenvalue weighted by Crippen LogP contribution is -2.12. The molecule has 2 atom stereocenters. The number of benzene rings is 2. The molecule has 1 aliphatic rings. The third kappa shape index (κ3) is 4.76. The van der Waals surface area contributed by atoms with E-state index in [0.717, 1.165) is 6.08 Å². The highest BCUT2D eigenvalue weighted by molar-refractivity contribution is 6.30. The molecule has 0 spiro atoms. The molecule has 0 N–H and O–H groups in total.